The molecule has 0 saturated carbocycles. The molecule has 0 aliphatic heterocycles. The Kier molecular flexibility index (Phi) is 6.40. The zero-order valence-corrected chi connectivity index (χ0v) is 14.3. The molecule has 0 unspecified atom stereocenters. The van der Waals surface area contributed by atoms with Crippen molar-refractivity contribution in [3.05, 3.63) is 48.8 Å². The van der Waals surface area contributed by atoms with Gasteiger partial charge in [-0.3, -0.25) is 4.79 Å². The molecule has 122 valence electrons. The fraction of sp³-hybridized carbons (Fsp3) is 0.353. The van der Waals surface area contributed by atoms with Crippen LogP contribution in [0.3, 0.4) is 0 Å². The lowest BCUT2D eigenvalue weighted by Crippen LogP contribution is -2.14. The van der Waals surface area contributed by atoms with E-state index in [-0.39, 0.29) is 5.91 Å². The van der Waals surface area contributed by atoms with Crippen LogP contribution in [-0.2, 0) is 17.8 Å². The second kappa shape index (κ2) is 8.53. The van der Waals surface area contributed by atoms with Gasteiger partial charge in [-0.15, -0.1) is 16.8 Å². The minimum atomic E-state index is -0.0558. The van der Waals surface area contributed by atoms with Crippen LogP contribution < -0.4 is 5.32 Å². The third-order valence-corrected chi connectivity index (χ3v) is 4.05. The Labute approximate surface area is 141 Å². The summed E-state index contributed by atoms with van der Waals surface area (Å²) in [5, 5.41) is 12.1. The number of nitrogens with one attached hydrogen (secondary N) is 1. The summed E-state index contributed by atoms with van der Waals surface area (Å²) >= 11 is 1.39. The lowest BCUT2D eigenvalue weighted by Gasteiger charge is -2.09. The second-order valence-corrected chi connectivity index (χ2v) is 6.54. The first kappa shape index (κ1) is 17.3. The van der Waals surface area contributed by atoms with Crippen molar-refractivity contribution in [1.82, 2.24) is 14.8 Å². The Hall–Kier alpha value is -2.08. The lowest BCUT2D eigenvalue weighted by molar-refractivity contribution is -0.113. The maximum atomic E-state index is 12.0. The molecule has 1 aromatic carbocycles. The highest BCUT2D eigenvalue weighted by molar-refractivity contribution is 7.99. The summed E-state index contributed by atoms with van der Waals surface area (Å²) in [5.74, 6) is 1.68. The van der Waals surface area contributed by atoms with Crippen LogP contribution in [0.25, 0.3) is 0 Å². The molecule has 2 aromatic rings. The van der Waals surface area contributed by atoms with Gasteiger partial charge in [-0.2, -0.15) is 0 Å². The number of para-hydroxylation sites is 1. The Morgan fingerprint density at radius 2 is 2.09 bits per heavy atom. The maximum Gasteiger partial charge on any atom is 0.234 e. The monoisotopic (exact) mass is 330 g/mol. The number of benzene rings is 1. The van der Waals surface area contributed by atoms with Crippen molar-refractivity contribution in [2.75, 3.05) is 11.1 Å². The third kappa shape index (κ3) is 5.25. The number of hydrogen-bond donors (Lipinski definition) is 1. The third-order valence-electron chi connectivity index (χ3n) is 3.09. The Morgan fingerprint density at radius 1 is 1.35 bits per heavy atom. The molecule has 2 rings (SSSR count). The first-order chi connectivity index (χ1) is 11.1. The fourth-order valence-corrected chi connectivity index (χ4v) is 2.87. The quantitative estimate of drug-likeness (QED) is 0.595. The average Bonchev–Trinajstić information content (AvgIpc) is 2.88. The smallest absolute Gasteiger partial charge is 0.234 e. The Balaban J connectivity index is 1.98. The van der Waals surface area contributed by atoms with Crippen molar-refractivity contribution in [1.29, 1.82) is 0 Å². The summed E-state index contributed by atoms with van der Waals surface area (Å²) in [6.45, 7) is 8.73. The molecular weight excluding hydrogens is 308 g/mol. The van der Waals surface area contributed by atoms with Crippen molar-refractivity contribution < 1.29 is 4.79 Å². The van der Waals surface area contributed by atoms with E-state index in [9.17, 15) is 4.79 Å². The second-order valence-electron chi connectivity index (χ2n) is 5.60. The number of amides is 1. The summed E-state index contributed by atoms with van der Waals surface area (Å²) in [6.07, 6.45) is 2.68. The van der Waals surface area contributed by atoms with E-state index in [0.29, 0.717) is 18.2 Å². The number of anilines is 1. The van der Waals surface area contributed by atoms with E-state index in [2.05, 4.69) is 35.9 Å². The van der Waals surface area contributed by atoms with Gasteiger partial charge in [0.15, 0.2) is 5.16 Å². The van der Waals surface area contributed by atoms with Crippen molar-refractivity contribution in [2.24, 2.45) is 5.92 Å². The summed E-state index contributed by atoms with van der Waals surface area (Å²) in [6, 6.07) is 9.43. The van der Waals surface area contributed by atoms with E-state index in [1.54, 1.807) is 0 Å². The first-order valence-corrected chi connectivity index (χ1v) is 8.59. The van der Waals surface area contributed by atoms with Gasteiger partial charge in [-0.05, 0) is 18.1 Å². The van der Waals surface area contributed by atoms with Gasteiger partial charge in [0.2, 0.25) is 5.91 Å². The molecular formula is C17H22N4OS. The van der Waals surface area contributed by atoms with Gasteiger partial charge in [0.1, 0.15) is 5.82 Å². The first-order valence-electron chi connectivity index (χ1n) is 7.60. The average molecular weight is 330 g/mol. The van der Waals surface area contributed by atoms with Crippen molar-refractivity contribution in [2.45, 2.75) is 32.0 Å². The van der Waals surface area contributed by atoms with Gasteiger partial charge in [0, 0.05) is 18.7 Å². The predicted molar refractivity (Wildman–Crippen MR) is 94.6 cm³/mol. The van der Waals surface area contributed by atoms with Crippen LogP contribution in [0, 0.1) is 5.92 Å². The van der Waals surface area contributed by atoms with Crippen LogP contribution in [-0.4, -0.2) is 26.4 Å². The number of nitrogens with zero attached hydrogens (tertiary/aromatic N) is 3. The largest absolute Gasteiger partial charge is 0.325 e. The fourth-order valence-electron chi connectivity index (χ4n) is 2.10. The van der Waals surface area contributed by atoms with E-state index >= 15 is 0 Å². The topological polar surface area (TPSA) is 59.8 Å². The summed E-state index contributed by atoms with van der Waals surface area (Å²) < 4.78 is 2.02. The zero-order valence-electron chi connectivity index (χ0n) is 13.5. The molecule has 0 fully saturated rings. The molecule has 0 atom stereocenters. The molecule has 0 radical (unpaired) electrons. The molecule has 1 amide bonds. The molecule has 1 N–H and O–H groups in total. The van der Waals surface area contributed by atoms with E-state index in [0.717, 1.165) is 23.1 Å². The zero-order chi connectivity index (χ0) is 16.7. The van der Waals surface area contributed by atoms with Crippen molar-refractivity contribution >= 4 is 23.4 Å². The highest BCUT2D eigenvalue weighted by atomic mass is 32.2. The summed E-state index contributed by atoms with van der Waals surface area (Å²) in [4.78, 5) is 12.0. The summed E-state index contributed by atoms with van der Waals surface area (Å²) in [5.41, 5.74) is 0.797. The van der Waals surface area contributed by atoms with Gasteiger partial charge in [-0.1, -0.05) is 49.9 Å². The molecule has 0 spiro atoms. The Bertz CT molecular complexity index is 652. The molecule has 1 heterocycles. The van der Waals surface area contributed by atoms with Crippen molar-refractivity contribution in [3.63, 3.8) is 0 Å². The normalized spacial score (nSPS) is 10.7. The summed E-state index contributed by atoms with van der Waals surface area (Å²) in [7, 11) is 0. The SMILES string of the molecule is C=CCn1c(CC(C)C)nnc1SCC(=O)Nc1ccccc1. The molecule has 0 aliphatic rings. The van der Waals surface area contributed by atoms with E-state index < -0.39 is 0 Å². The molecule has 5 nitrogen and oxygen atoms in total. The number of rotatable bonds is 8. The van der Waals surface area contributed by atoms with E-state index in [1.165, 1.54) is 11.8 Å². The minimum absolute atomic E-state index is 0.0558. The molecule has 23 heavy (non-hydrogen) atoms. The van der Waals surface area contributed by atoms with Gasteiger partial charge in [0.05, 0.1) is 5.75 Å². The van der Waals surface area contributed by atoms with Gasteiger partial charge in [0.25, 0.3) is 0 Å². The van der Waals surface area contributed by atoms with Crippen LogP contribution in [0.1, 0.15) is 19.7 Å². The van der Waals surface area contributed by atoms with Crippen LogP contribution in [0.4, 0.5) is 5.69 Å². The number of aromatic nitrogens is 3. The van der Waals surface area contributed by atoms with Crippen LogP contribution in [0.2, 0.25) is 0 Å². The molecule has 0 bridgehead atoms. The number of hydrogen-bond acceptors (Lipinski definition) is 4. The van der Waals surface area contributed by atoms with Gasteiger partial charge < -0.3 is 9.88 Å². The lowest BCUT2D eigenvalue weighted by atomic mass is 10.1. The highest BCUT2D eigenvalue weighted by Gasteiger charge is 2.14. The number of carbonyl (C=O) groups is 1. The number of allylic oxidation sites excluding steroid dienone is 1. The van der Waals surface area contributed by atoms with Crippen LogP contribution in [0.5, 0.6) is 0 Å². The van der Waals surface area contributed by atoms with Crippen LogP contribution >= 0.6 is 11.8 Å². The number of carbonyl (C=O) groups excluding carboxylic acids is 1. The van der Waals surface area contributed by atoms with E-state index in [1.807, 2.05) is 41.0 Å². The highest BCUT2D eigenvalue weighted by Crippen LogP contribution is 2.19. The molecule has 6 heteroatoms. The van der Waals surface area contributed by atoms with E-state index in [4.69, 9.17) is 0 Å². The van der Waals surface area contributed by atoms with Gasteiger partial charge in [-0.25, -0.2) is 0 Å². The standard InChI is InChI=1S/C17H22N4OS/c1-4-10-21-15(11-13(2)3)19-20-17(21)23-12-16(22)18-14-8-6-5-7-9-14/h4-9,13H,1,10-12H2,2-3H3,(H,18,22). The number of thioether (sulfide) groups is 1. The Morgan fingerprint density at radius 3 is 2.74 bits per heavy atom. The minimum Gasteiger partial charge on any atom is -0.325 e. The van der Waals surface area contributed by atoms with Crippen LogP contribution in [0.15, 0.2) is 48.1 Å². The maximum absolute atomic E-state index is 12.0. The predicted octanol–water partition coefficient (Wildman–Crippen LogP) is 3.39. The van der Waals surface area contributed by atoms with Gasteiger partial charge >= 0.3 is 0 Å². The molecule has 0 aliphatic carbocycles. The molecule has 0 saturated heterocycles. The molecule has 1 aromatic heterocycles. The van der Waals surface area contributed by atoms with Crippen molar-refractivity contribution in [3.8, 4) is 0 Å².